The molecule has 0 spiro atoms. The van der Waals surface area contributed by atoms with Crippen LogP contribution in [0.2, 0.25) is 0 Å². The summed E-state index contributed by atoms with van der Waals surface area (Å²) >= 11 is 8.01. The third-order valence-corrected chi connectivity index (χ3v) is 5.25. The molecule has 1 aliphatic rings. The average Bonchev–Trinajstić information content (AvgIpc) is 2.74. The summed E-state index contributed by atoms with van der Waals surface area (Å²) in [6.07, 6.45) is 0.813. The molecule has 7 heteroatoms. The molecule has 2 rings (SSSR count). The van der Waals surface area contributed by atoms with Gasteiger partial charge in [-0.25, -0.2) is 0 Å². The molecule has 2 heterocycles. The number of carbonyl (C=O) groups is 2. The van der Waals surface area contributed by atoms with Crippen LogP contribution in [0.15, 0.2) is 7.57 Å². The van der Waals surface area contributed by atoms with Crippen molar-refractivity contribution in [3.8, 4) is 0 Å². The standard InChI is InChI=1S/C12H13Br2NO3S/c1-6(2)18-5-3-4-15-11(16)7-8(12(15)17)10(14)19-9(7)13/h6H,3-5H2,1-2H3. The van der Waals surface area contributed by atoms with Gasteiger partial charge < -0.3 is 4.74 Å². The van der Waals surface area contributed by atoms with Gasteiger partial charge in [-0.2, -0.15) is 0 Å². The molecule has 0 bridgehead atoms. The monoisotopic (exact) mass is 409 g/mol. The van der Waals surface area contributed by atoms with E-state index < -0.39 is 0 Å². The zero-order chi connectivity index (χ0) is 14.2. The average molecular weight is 411 g/mol. The van der Waals surface area contributed by atoms with E-state index in [1.807, 2.05) is 13.8 Å². The second-order valence-corrected chi connectivity index (χ2v) is 8.09. The van der Waals surface area contributed by atoms with Crippen LogP contribution in [0.5, 0.6) is 0 Å². The van der Waals surface area contributed by atoms with Crippen LogP contribution in [0, 0.1) is 0 Å². The fourth-order valence-corrected chi connectivity index (χ4v) is 4.97. The second kappa shape index (κ2) is 6.03. The molecule has 0 N–H and O–H groups in total. The van der Waals surface area contributed by atoms with Crippen LogP contribution in [-0.4, -0.2) is 36.0 Å². The van der Waals surface area contributed by atoms with Crippen LogP contribution in [-0.2, 0) is 4.74 Å². The Morgan fingerprint density at radius 3 is 2.16 bits per heavy atom. The zero-order valence-electron chi connectivity index (χ0n) is 10.5. The number of ether oxygens (including phenoxy) is 1. The van der Waals surface area contributed by atoms with E-state index in [9.17, 15) is 9.59 Å². The highest BCUT2D eigenvalue weighted by molar-refractivity contribution is 9.12. The first-order valence-corrected chi connectivity index (χ1v) is 8.29. The fraction of sp³-hybridized carbons (Fsp3) is 0.500. The molecule has 1 aromatic rings. The Kier molecular flexibility index (Phi) is 4.81. The smallest absolute Gasteiger partial charge is 0.263 e. The van der Waals surface area contributed by atoms with E-state index in [0.29, 0.717) is 38.3 Å². The fourth-order valence-electron chi connectivity index (χ4n) is 1.87. The minimum atomic E-state index is -0.224. The highest BCUT2D eigenvalue weighted by Gasteiger charge is 2.40. The molecule has 0 saturated heterocycles. The summed E-state index contributed by atoms with van der Waals surface area (Å²) in [4.78, 5) is 25.7. The third-order valence-electron chi connectivity index (χ3n) is 2.72. The zero-order valence-corrected chi connectivity index (χ0v) is 14.5. The predicted molar refractivity (Wildman–Crippen MR) is 80.8 cm³/mol. The van der Waals surface area contributed by atoms with Crippen LogP contribution >= 0.6 is 43.2 Å². The maximum atomic E-state index is 12.2. The lowest BCUT2D eigenvalue weighted by molar-refractivity contribution is 0.0566. The molecule has 0 saturated carbocycles. The van der Waals surface area contributed by atoms with Gasteiger partial charge in [0.2, 0.25) is 0 Å². The molecular formula is C12H13Br2NO3S. The molecule has 0 atom stereocenters. The maximum Gasteiger partial charge on any atom is 0.263 e. The molecule has 0 radical (unpaired) electrons. The number of hydrogen-bond donors (Lipinski definition) is 0. The number of carbonyl (C=O) groups excluding carboxylic acids is 2. The number of rotatable bonds is 5. The van der Waals surface area contributed by atoms with Crippen molar-refractivity contribution in [3.05, 3.63) is 18.7 Å². The van der Waals surface area contributed by atoms with Crippen LogP contribution in [0.4, 0.5) is 0 Å². The Bertz CT molecular complexity index is 491. The molecule has 4 nitrogen and oxygen atoms in total. The Balaban J connectivity index is 2.04. The first-order valence-electron chi connectivity index (χ1n) is 5.89. The topological polar surface area (TPSA) is 46.6 Å². The molecule has 19 heavy (non-hydrogen) atoms. The van der Waals surface area contributed by atoms with Gasteiger partial charge >= 0.3 is 0 Å². The van der Waals surface area contributed by atoms with Gasteiger partial charge in [0, 0.05) is 13.2 Å². The lowest BCUT2D eigenvalue weighted by Crippen LogP contribution is -2.31. The van der Waals surface area contributed by atoms with E-state index in [2.05, 4.69) is 31.9 Å². The van der Waals surface area contributed by atoms with Gasteiger partial charge in [0.05, 0.1) is 24.8 Å². The molecule has 2 amide bonds. The summed E-state index contributed by atoms with van der Waals surface area (Å²) in [5.41, 5.74) is 0.957. The van der Waals surface area contributed by atoms with E-state index in [0.717, 1.165) is 0 Å². The van der Waals surface area contributed by atoms with E-state index in [-0.39, 0.29) is 17.9 Å². The molecule has 0 unspecified atom stereocenters. The van der Waals surface area contributed by atoms with Gasteiger partial charge in [-0.05, 0) is 52.1 Å². The molecular weight excluding hydrogens is 398 g/mol. The summed E-state index contributed by atoms with van der Waals surface area (Å²) in [5.74, 6) is -0.447. The van der Waals surface area contributed by atoms with Crippen molar-refractivity contribution in [1.29, 1.82) is 0 Å². The number of thiophene rings is 1. The minimum absolute atomic E-state index is 0.162. The summed E-state index contributed by atoms with van der Waals surface area (Å²) in [5, 5.41) is 0. The first kappa shape index (κ1) is 15.2. The van der Waals surface area contributed by atoms with Crippen molar-refractivity contribution in [2.45, 2.75) is 26.4 Å². The number of fused-ring (bicyclic) bond motifs is 1. The molecule has 1 aromatic heterocycles. The van der Waals surface area contributed by atoms with Gasteiger partial charge in [-0.3, -0.25) is 14.5 Å². The molecule has 0 aromatic carbocycles. The lowest BCUT2D eigenvalue weighted by atomic mass is 10.2. The Hall–Kier alpha value is -0.240. The van der Waals surface area contributed by atoms with Gasteiger partial charge in [-0.15, -0.1) is 11.3 Å². The van der Waals surface area contributed by atoms with E-state index in [1.54, 1.807) is 0 Å². The van der Waals surface area contributed by atoms with Gasteiger partial charge in [0.15, 0.2) is 0 Å². The van der Waals surface area contributed by atoms with Crippen molar-refractivity contribution >= 4 is 55.0 Å². The Labute approximate surface area is 132 Å². The first-order chi connectivity index (χ1) is 8.93. The number of amides is 2. The maximum absolute atomic E-state index is 12.2. The second-order valence-electron chi connectivity index (χ2n) is 4.43. The summed E-state index contributed by atoms with van der Waals surface area (Å²) in [6, 6.07) is 0. The van der Waals surface area contributed by atoms with Crippen LogP contribution < -0.4 is 0 Å². The van der Waals surface area contributed by atoms with Crippen molar-refractivity contribution in [2.75, 3.05) is 13.2 Å². The SMILES string of the molecule is CC(C)OCCCN1C(=O)c2c(Br)sc(Br)c2C1=O. The number of imide groups is 1. The van der Waals surface area contributed by atoms with Crippen LogP contribution in [0.25, 0.3) is 0 Å². The van der Waals surface area contributed by atoms with Gasteiger partial charge in [0.1, 0.15) is 0 Å². The highest BCUT2D eigenvalue weighted by Crippen LogP contribution is 2.41. The van der Waals surface area contributed by atoms with Crippen molar-refractivity contribution in [2.24, 2.45) is 0 Å². The highest BCUT2D eigenvalue weighted by atomic mass is 79.9. The normalized spacial score (nSPS) is 14.7. The number of nitrogens with zero attached hydrogens (tertiary/aromatic N) is 1. The predicted octanol–water partition coefficient (Wildman–Crippen LogP) is 3.68. The Morgan fingerprint density at radius 1 is 1.16 bits per heavy atom. The summed E-state index contributed by atoms with van der Waals surface area (Å²) in [7, 11) is 0. The molecule has 1 aliphatic heterocycles. The van der Waals surface area contributed by atoms with Crippen molar-refractivity contribution < 1.29 is 14.3 Å². The quantitative estimate of drug-likeness (QED) is 0.549. The summed E-state index contributed by atoms with van der Waals surface area (Å²) in [6.45, 7) is 4.85. The van der Waals surface area contributed by atoms with Gasteiger partial charge in [-0.1, -0.05) is 0 Å². The van der Waals surface area contributed by atoms with E-state index in [1.165, 1.54) is 16.2 Å². The van der Waals surface area contributed by atoms with E-state index in [4.69, 9.17) is 4.74 Å². The van der Waals surface area contributed by atoms with Crippen LogP contribution in [0.3, 0.4) is 0 Å². The third kappa shape index (κ3) is 2.94. The molecule has 104 valence electrons. The lowest BCUT2D eigenvalue weighted by Gasteiger charge is -2.15. The molecule has 0 aliphatic carbocycles. The Morgan fingerprint density at radius 2 is 1.68 bits per heavy atom. The van der Waals surface area contributed by atoms with Crippen molar-refractivity contribution in [1.82, 2.24) is 4.90 Å². The minimum Gasteiger partial charge on any atom is -0.379 e. The molecule has 0 fully saturated rings. The van der Waals surface area contributed by atoms with Gasteiger partial charge in [0.25, 0.3) is 11.8 Å². The van der Waals surface area contributed by atoms with Crippen molar-refractivity contribution in [3.63, 3.8) is 0 Å². The van der Waals surface area contributed by atoms with Crippen LogP contribution in [0.1, 0.15) is 41.0 Å². The number of halogens is 2. The summed E-state index contributed by atoms with van der Waals surface area (Å²) < 4.78 is 6.82. The van der Waals surface area contributed by atoms with E-state index >= 15 is 0 Å². The largest absolute Gasteiger partial charge is 0.379 e. The number of hydrogen-bond acceptors (Lipinski definition) is 4.